The van der Waals surface area contributed by atoms with Gasteiger partial charge in [-0.3, -0.25) is 19.2 Å². The van der Waals surface area contributed by atoms with Crippen LogP contribution in [0.1, 0.15) is 80.6 Å². The van der Waals surface area contributed by atoms with Gasteiger partial charge in [-0.2, -0.15) is 0 Å². The number of ether oxygens (including phenoxy) is 5. The molecule has 4 aliphatic carbocycles. The molecule has 11 nitrogen and oxygen atoms in total. The summed E-state index contributed by atoms with van der Waals surface area (Å²) >= 11 is 0. The third-order valence-electron chi connectivity index (χ3n) is 12.4. The van der Waals surface area contributed by atoms with Gasteiger partial charge in [-0.15, -0.1) is 0 Å². The molecule has 0 aromatic heterocycles. The maximum atomic E-state index is 13.8. The van der Waals surface area contributed by atoms with Crippen molar-refractivity contribution in [3.63, 3.8) is 0 Å². The lowest BCUT2D eigenvalue weighted by Crippen LogP contribution is -2.65. The number of hydrogen-bond donors (Lipinski definition) is 1. The van der Waals surface area contributed by atoms with E-state index in [-0.39, 0.29) is 48.2 Å². The molecular weight excluding hydrogens is 584 g/mol. The van der Waals surface area contributed by atoms with Crippen LogP contribution in [-0.2, 0) is 47.7 Å². The Morgan fingerprint density at radius 2 is 1.73 bits per heavy atom. The third kappa shape index (κ3) is 4.54. The van der Waals surface area contributed by atoms with Gasteiger partial charge >= 0.3 is 23.9 Å². The van der Waals surface area contributed by atoms with E-state index >= 15 is 0 Å². The van der Waals surface area contributed by atoms with E-state index in [1.807, 2.05) is 6.92 Å². The molecular formula is C34H44O11. The molecule has 6 aliphatic rings. The molecule has 0 aromatic rings. The van der Waals surface area contributed by atoms with Crippen LogP contribution in [0, 0.1) is 34.5 Å². The highest BCUT2D eigenvalue weighted by molar-refractivity contribution is 5.98. The second-order valence-corrected chi connectivity index (χ2v) is 14.7. The number of hydrogen-bond acceptors (Lipinski definition) is 11. The normalized spacial score (nSPS) is 44.4. The third-order valence-corrected chi connectivity index (χ3v) is 12.4. The smallest absolute Gasteiger partial charge is 0.337 e. The molecule has 45 heavy (non-hydrogen) atoms. The van der Waals surface area contributed by atoms with Crippen LogP contribution in [0.3, 0.4) is 0 Å². The van der Waals surface area contributed by atoms with Gasteiger partial charge in [0.25, 0.3) is 0 Å². The van der Waals surface area contributed by atoms with Crippen molar-refractivity contribution in [2.75, 3.05) is 6.61 Å². The Balaban J connectivity index is 1.33. The molecule has 1 spiro atoms. The van der Waals surface area contributed by atoms with Gasteiger partial charge in [0.15, 0.2) is 11.9 Å². The summed E-state index contributed by atoms with van der Waals surface area (Å²) in [6.07, 6.45) is 3.36. The first-order valence-corrected chi connectivity index (χ1v) is 16.0. The van der Waals surface area contributed by atoms with Crippen LogP contribution in [-0.4, -0.2) is 77.0 Å². The molecule has 246 valence electrons. The van der Waals surface area contributed by atoms with Crippen LogP contribution < -0.4 is 0 Å². The van der Waals surface area contributed by atoms with Gasteiger partial charge in [-0.05, 0) is 81.8 Å². The van der Waals surface area contributed by atoms with Crippen molar-refractivity contribution < 1.29 is 52.8 Å². The zero-order valence-corrected chi connectivity index (χ0v) is 27.0. The number of rotatable bonds is 6. The van der Waals surface area contributed by atoms with Gasteiger partial charge in [0, 0.05) is 33.1 Å². The Bertz CT molecular complexity index is 1410. The van der Waals surface area contributed by atoms with Crippen LogP contribution in [0.5, 0.6) is 0 Å². The Labute approximate surface area is 263 Å². The Morgan fingerprint density at radius 3 is 2.36 bits per heavy atom. The number of fused-ring (bicyclic) bond motifs is 4. The Morgan fingerprint density at radius 1 is 1.04 bits per heavy atom. The van der Waals surface area contributed by atoms with Gasteiger partial charge in [0.2, 0.25) is 0 Å². The minimum atomic E-state index is -1.58. The zero-order chi connectivity index (χ0) is 32.9. The molecule has 2 heterocycles. The fraction of sp³-hybridized carbons (Fsp3) is 0.735. The summed E-state index contributed by atoms with van der Waals surface area (Å²) in [5, 5.41) is 12.4. The molecule has 0 amide bonds. The Hall–Kier alpha value is -3.05. The first-order valence-electron chi connectivity index (χ1n) is 16.0. The molecule has 2 aliphatic heterocycles. The molecule has 4 fully saturated rings. The van der Waals surface area contributed by atoms with E-state index in [0.29, 0.717) is 31.3 Å². The number of epoxide rings is 1. The van der Waals surface area contributed by atoms with Gasteiger partial charge < -0.3 is 28.8 Å². The van der Waals surface area contributed by atoms with Crippen molar-refractivity contribution >= 4 is 29.7 Å². The van der Waals surface area contributed by atoms with E-state index < -0.39 is 70.1 Å². The van der Waals surface area contributed by atoms with Crippen molar-refractivity contribution in [1.82, 2.24) is 0 Å². The SMILES string of the molecule is CC(=O)OCC1=C(C)C[C@H]([C@](C)(O)[C@H]2[C@@H](OC(C)=O)C[C@H]3[C@@H]4C[C@H]5O[C@]56[C@@H](OC(C)=O)C=CC(=O)[C@]6(C)[C@H]4CC[C@]23C)OC1=O. The second kappa shape index (κ2) is 10.5. The van der Waals surface area contributed by atoms with Crippen molar-refractivity contribution in [2.45, 2.75) is 116 Å². The van der Waals surface area contributed by atoms with Crippen molar-refractivity contribution in [2.24, 2.45) is 34.5 Å². The average molecular weight is 629 g/mol. The molecule has 11 heteroatoms. The largest absolute Gasteiger partial charge is 0.462 e. The van der Waals surface area contributed by atoms with Crippen LogP contribution >= 0.6 is 0 Å². The number of allylic oxidation sites excluding steroid dienone is 1. The predicted octanol–water partition coefficient (Wildman–Crippen LogP) is 3.15. The highest BCUT2D eigenvalue weighted by Gasteiger charge is 2.82. The highest BCUT2D eigenvalue weighted by Crippen LogP contribution is 2.73. The summed E-state index contributed by atoms with van der Waals surface area (Å²) in [6.45, 7) is 11.3. The fourth-order valence-electron chi connectivity index (χ4n) is 10.5. The van der Waals surface area contributed by atoms with Crippen LogP contribution in [0.25, 0.3) is 0 Å². The molecule has 1 saturated heterocycles. The summed E-state index contributed by atoms with van der Waals surface area (Å²) in [7, 11) is 0. The lowest BCUT2D eigenvalue weighted by molar-refractivity contribution is -0.198. The standard InChI is InChI=1S/C34H44O11/c1-16-12-27(44-30(39)21(16)15-41-17(2)35)33(7,40)29-24(42-18(3)36)14-23-20-13-28-34(45-28)26(43-19(4)37)9-8-25(38)32(34,6)22(20)10-11-31(23,29)5/h8-9,20,22-24,26-29,40H,10-15H2,1-7H3/t20-,22+,23+,24+,26+,27-,28-,29+,31+,32+,33+,34-/m1/s1. The first-order chi connectivity index (χ1) is 21.0. The van der Waals surface area contributed by atoms with Gasteiger partial charge in [0.1, 0.15) is 30.0 Å². The number of ketones is 1. The number of carbonyl (C=O) groups excluding carboxylic acids is 5. The lowest BCUT2D eigenvalue weighted by Gasteiger charge is -2.58. The molecule has 0 unspecified atom stereocenters. The van der Waals surface area contributed by atoms with Crippen molar-refractivity contribution in [1.29, 1.82) is 0 Å². The molecule has 0 bridgehead atoms. The number of aliphatic hydroxyl groups is 1. The van der Waals surface area contributed by atoms with Crippen LogP contribution in [0.15, 0.2) is 23.3 Å². The fourth-order valence-corrected chi connectivity index (χ4v) is 10.5. The quantitative estimate of drug-likeness (QED) is 0.262. The maximum Gasteiger partial charge on any atom is 0.337 e. The minimum absolute atomic E-state index is 0.0209. The number of cyclic esters (lactones) is 1. The summed E-state index contributed by atoms with van der Waals surface area (Å²) in [6, 6.07) is 0. The van der Waals surface area contributed by atoms with E-state index in [1.54, 1.807) is 19.9 Å². The van der Waals surface area contributed by atoms with Crippen molar-refractivity contribution in [3.8, 4) is 0 Å². The van der Waals surface area contributed by atoms with E-state index in [4.69, 9.17) is 23.7 Å². The second-order valence-electron chi connectivity index (χ2n) is 14.7. The van der Waals surface area contributed by atoms with Crippen molar-refractivity contribution in [3.05, 3.63) is 23.3 Å². The van der Waals surface area contributed by atoms with Crippen LogP contribution in [0.2, 0.25) is 0 Å². The highest BCUT2D eigenvalue weighted by atomic mass is 16.7. The zero-order valence-electron chi connectivity index (χ0n) is 27.0. The number of carbonyl (C=O) groups is 5. The minimum Gasteiger partial charge on any atom is -0.462 e. The van der Waals surface area contributed by atoms with Gasteiger partial charge in [-0.1, -0.05) is 12.5 Å². The molecule has 0 radical (unpaired) electrons. The molecule has 3 saturated carbocycles. The maximum absolute atomic E-state index is 13.8. The number of esters is 4. The summed E-state index contributed by atoms with van der Waals surface area (Å²) in [5.41, 5.74) is -3.00. The van der Waals surface area contributed by atoms with E-state index in [9.17, 15) is 29.1 Å². The molecule has 1 N–H and O–H groups in total. The van der Waals surface area contributed by atoms with Gasteiger partial charge in [-0.25, -0.2) is 4.79 Å². The predicted molar refractivity (Wildman–Crippen MR) is 156 cm³/mol. The van der Waals surface area contributed by atoms with E-state index in [1.165, 1.54) is 26.8 Å². The lowest BCUT2D eigenvalue weighted by atomic mass is 9.44. The molecule has 0 aromatic carbocycles. The summed E-state index contributed by atoms with van der Waals surface area (Å²) in [5.74, 6) is -2.75. The topological polar surface area (TPSA) is 155 Å². The summed E-state index contributed by atoms with van der Waals surface area (Å²) < 4.78 is 28.9. The molecule has 6 rings (SSSR count). The first kappa shape index (κ1) is 31.9. The van der Waals surface area contributed by atoms with E-state index in [2.05, 4.69) is 6.92 Å². The average Bonchev–Trinajstić information content (AvgIpc) is 3.58. The van der Waals surface area contributed by atoms with E-state index in [0.717, 1.165) is 0 Å². The Kier molecular flexibility index (Phi) is 7.44. The molecule has 12 atom stereocenters. The van der Waals surface area contributed by atoms with Crippen LogP contribution in [0.4, 0.5) is 0 Å². The monoisotopic (exact) mass is 628 g/mol. The summed E-state index contributed by atoms with van der Waals surface area (Å²) in [4.78, 5) is 62.6. The van der Waals surface area contributed by atoms with Gasteiger partial charge in [0.05, 0.1) is 17.1 Å².